The summed E-state index contributed by atoms with van der Waals surface area (Å²) in [5.74, 6) is 0.0451. The molecule has 2 aromatic rings. The Balaban J connectivity index is 2.52. The van der Waals surface area contributed by atoms with Crippen molar-refractivity contribution in [1.82, 2.24) is 15.1 Å². The average molecular weight is 306 g/mol. The third kappa shape index (κ3) is 3.27. The molecule has 0 saturated heterocycles. The van der Waals surface area contributed by atoms with Crippen LogP contribution < -0.4 is 5.32 Å². The number of hydrogen-bond donors (Lipinski definition) is 1. The lowest BCUT2D eigenvalue weighted by Gasteiger charge is -2.14. The Morgan fingerprint density at radius 3 is 2.48 bits per heavy atom. The second kappa shape index (κ2) is 6.31. The Morgan fingerprint density at radius 1 is 1.24 bits per heavy atom. The zero-order valence-electron chi connectivity index (χ0n) is 12.7. The molecule has 1 N–H and O–H groups in total. The van der Waals surface area contributed by atoms with E-state index in [0.717, 1.165) is 11.4 Å². The van der Waals surface area contributed by atoms with Crippen molar-refractivity contribution in [1.29, 1.82) is 0 Å². The van der Waals surface area contributed by atoms with Crippen LogP contribution in [0.25, 0.3) is 5.69 Å². The molecule has 1 aromatic heterocycles. The van der Waals surface area contributed by atoms with Crippen LogP contribution in [0.1, 0.15) is 49.7 Å². The van der Waals surface area contributed by atoms with Gasteiger partial charge in [0.15, 0.2) is 0 Å². The van der Waals surface area contributed by atoms with Crippen LogP contribution in [0, 0.1) is 0 Å². The molecule has 0 aliphatic carbocycles. The van der Waals surface area contributed by atoms with Gasteiger partial charge in [-0.2, -0.15) is 5.10 Å². The van der Waals surface area contributed by atoms with Crippen molar-refractivity contribution in [2.75, 3.05) is 0 Å². The molecule has 2 rings (SSSR count). The number of nitrogens with zero attached hydrogens (tertiary/aromatic N) is 2. The number of benzene rings is 1. The fourth-order valence-electron chi connectivity index (χ4n) is 2.24. The number of amides is 1. The van der Waals surface area contributed by atoms with E-state index in [1.165, 1.54) is 0 Å². The summed E-state index contributed by atoms with van der Waals surface area (Å²) in [6.45, 7) is 7.95. The van der Waals surface area contributed by atoms with Crippen LogP contribution in [0.2, 0.25) is 5.02 Å². The van der Waals surface area contributed by atoms with Crippen LogP contribution in [0.5, 0.6) is 0 Å². The van der Waals surface area contributed by atoms with Gasteiger partial charge in [0, 0.05) is 6.04 Å². The van der Waals surface area contributed by atoms with Gasteiger partial charge in [0.25, 0.3) is 5.91 Å². The number of carbonyl (C=O) groups is 1. The highest BCUT2D eigenvalue weighted by Gasteiger charge is 2.21. The molecule has 0 bridgehead atoms. The quantitative estimate of drug-likeness (QED) is 0.934. The molecule has 0 atom stereocenters. The van der Waals surface area contributed by atoms with Crippen molar-refractivity contribution >= 4 is 17.5 Å². The van der Waals surface area contributed by atoms with Gasteiger partial charge in [-0.15, -0.1) is 0 Å². The maximum Gasteiger partial charge on any atom is 0.254 e. The first-order valence-electron chi connectivity index (χ1n) is 7.05. The second-order valence-electron chi connectivity index (χ2n) is 5.59. The van der Waals surface area contributed by atoms with Crippen LogP contribution in [0.3, 0.4) is 0 Å². The number of nitrogens with one attached hydrogen (secondary N) is 1. The van der Waals surface area contributed by atoms with Crippen LogP contribution in [0.4, 0.5) is 0 Å². The van der Waals surface area contributed by atoms with E-state index in [1.54, 1.807) is 10.9 Å². The third-order valence-corrected chi connectivity index (χ3v) is 3.42. The molecular formula is C16H20ClN3O. The highest BCUT2D eigenvalue weighted by molar-refractivity contribution is 6.32. The molecule has 112 valence electrons. The highest BCUT2D eigenvalue weighted by Crippen LogP contribution is 2.27. The molecule has 1 amide bonds. The maximum absolute atomic E-state index is 12.3. The van der Waals surface area contributed by atoms with Gasteiger partial charge in [0.05, 0.1) is 28.2 Å². The summed E-state index contributed by atoms with van der Waals surface area (Å²) < 4.78 is 1.75. The van der Waals surface area contributed by atoms with Gasteiger partial charge in [-0.05, 0) is 31.9 Å². The van der Waals surface area contributed by atoms with E-state index >= 15 is 0 Å². The van der Waals surface area contributed by atoms with Crippen LogP contribution >= 0.6 is 11.6 Å². The number of aromatic nitrogens is 2. The van der Waals surface area contributed by atoms with Crippen molar-refractivity contribution in [3.8, 4) is 5.69 Å². The lowest BCUT2D eigenvalue weighted by Crippen LogP contribution is -2.30. The van der Waals surface area contributed by atoms with Gasteiger partial charge in [-0.1, -0.05) is 37.6 Å². The van der Waals surface area contributed by atoms with E-state index < -0.39 is 0 Å². The van der Waals surface area contributed by atoms with Gasteiger partial charge >= 0.3 is 0 Å². The minimum Gasteiger partial charge on any atom is -0.350 e. The fourth-order valence-corrected chi connectivity index (χ4v) is 2.46. The molecule has 21 heavy (non-hydrogen) atoms. The summed E-state index contributed by atoms with van der Waals surface area (Å²) in [6, 6.07) is 7.57. The summed E-state index contributed by atoms with van der Waals surface area (Å²) >= 11 is 6.25. The standard InChI is InChI=1S/C16H20ClN3O/c1-10(2)15-12(16(21)19-11(3)4)9-18-20(15)14-8-6-5-7-13(14)17/h5-11H,1-4H3,(H,19,21). The summed E-state index contributed by atoms with van der Waals surface area (Å²) in [5, 5.41) is 7.89. The summed E-state index contributed by atoms with van der Waals surface area (Å²) in [4.78, 5) is 12.3. The first kappa shape index (κ1) is 15.6. The Kier molecular flexibility index (Phi) is 4.68. The highest BCUT2D eigenvalue weighted by atomic mass is 35.5. The van der Waals surface area contributed by atoms with Gasteiger partial charge < -0.3 is 5.32 Å². The first-order chi connectivity index (χ1) is 9.91. The van der Waals surface area contributed by atoms with Gasteiger partial charge in [-0.25, -0.2) is 4.68 Å². The molecule has 5 heteroatoms. The van der Waals surface area contributed by atoms with Gasteiger partial charge in [0.1, 0.15) is 0 Å². The Bertz CT molecular complexity index is 647. The number of para-hydroxylation sites is 1. The maximum atomic E-state index is 12.3. The summed E-state index contributed by atoms with van der Waals surface area (Å²) in [6.07, 6.45) is 1.61. The van der Waals surface area contributed by atoms with Crippen molar-refractivity contribution in [2.24, 2.45) is 0 Å². The largest absolute Gasteiger partial charge is 0.350 e. The SMILES string of the molecule is CC(C)NC(=O)c1cnn(-c2ccccc2Cl)c1C(C)C. The molecule has 0 aliphatic rings. The first-order valence-corrected chi connectivity index (χ1v) is 7.43. The second-order valence-corrected chi connectivity index (χ2v) is 6.00. The van der Waals surface area contributed by atoms with E-state index in [0.29, 0.717) is 10.6 Å². The van der Waals surface area contributed by atoms with Crippen molar-refractivity contribution < 1.29 is 4.79 Å². The van der Waals surface area contributed by atoms with E-state index in [-0.39, 0.29) is 17.9 Å². The zero-order chi connectivity index (χ0) is 15.6. The molecule has 0 radical (unpaired) electrons. The van der Waals surface area contributed by atoms with E-state index in [2.05, 4.69) is 10.4 Å². The Hall–Kier alpha value is -1.81. The van der Waals surface area contributed by atoms with Crippen LogP contribution in [-0.2, 0) is 0 Å². The minimum atomic E-state index is -0.105. The predicted octanol–water partition coefficient (Wildman–Crippen LogP) is 3.79. The number of rotatable bonds is 4. The molecule has 1 aromatic carbocycles. The molecule has 0 aliphatic heterocycles. The number of hydrogen-bond acceptors (Lipinski definition) is 2. The topological polar surface area (TPSA) is 46.9 Å². The summed E-state index contributed by atoms with van der Waals surface area (Å²) in [7, 11) is 0. The fraction of sp³-hybridized carbons (Fsp3) is 0.375. The van der Waals surface area contributed by atoms with Crippen molar-refractivity contribution in [3.63, 3.8) is 0 Å². The van der Waals surface area contributed by atoms with Gasteiger partial charge in [-0.3, -0.25) is 4.79 Å². The van der Waals surface area contributed by atoms with Crippen molar-refractivity contribution in [2.45, 2.75) is 39.7 Å². The lowest BCUT2D eigenvalue weighted by atomic mass is 10.0. The average Bonchev–Trinajstić information content (AvgIpc) is 2.83. The monoisotopic (exact) mass is 305 g/mol. The molecule has 0 unspecified atom stereocenters. The smallest absolute Gasteiger partial charge is 0.254 e. The molecule has 1 heterocycles. The Morgan fingerprint density at radius 2 is 1.90 bits per heavy atom. The van der Waals surface area contributed by atoms with Crippen molar-refractivity contribution in [3.05, 3.63) is 46.7 Å². The van der Waals surface area contributed by atoms with E-state index in [1.807, 2.05) is 52.0 Å². The summed E-state index contributed by atoms with van der Waals surface area (Å²) in [5.41, 5.74) is 2.24. The Labute approximate surface area is 130 Å². The van der Waals surface area contributed by atoms with Gasteiger partial charge in [0.2, 0.25) is 0 Å². The van der Waals surface area contributed by atoms with E-state index in [4.69, 9.17) is 11.6 Å². The third-order valence-electron chi connectivity index (χ3n) is 3.10. The van der Waals surface area contributed by atoms with Crippen LogP contribution in [0.15, 0.2) is 30.5 Å². The van der Waals surface area contributed by atoms with E-state index in [9.17, 15) is 4.79 Å². The molecular weight excluding hydrogens is 286 g/mol. The number of carbonyl (C=O) groups excluding carboxylic acids is 1. The minimum absolute atomic E-state index is 0.0844. The molecule has 0 spiro atoms. The normalized spacial score (nSPS) is 11.2. The molecule has 0 saturated carbocycles. The molecule has 0 fully saturated rings. The molecule has 4 nitrogen and oxygen atoms in total. The lowest BCUT2D eigenvalue weighted by molar-refractivity contribution is 0.0941. The van der Waals surface area contributed by atoms with Crippen LogP contribution in [-0.4, -0.2) is 21.7 Å². The predicted molar refractivity (Wildman–Crippen MR) is 85.3 cm³/mol. The number of halogens is 1. The zero-order valence-corrected chi connectivity index (χ0v) is 13.5.